The number of pyridine rings is 1. The number of hydrogen-bond donors (Lipinski definition) is 2. The summed E-state index contributed by atoms with van der Waals surface area (Å²) >= 11 is 5.91. The summed E-state index contributed by atoms with van der Waals surface area (Å²) in [4.78, 5) is 38.8. The van der Waals surface area contributed by atoms with Gasteiger partial charge in [-0.1, -0.05) is 22.8 Å². The van der Waals surface area contributed by atoms with Crippen LogP contribution in [-0.4, -0.2) is 35.8 Å². The first kappa shape index (κ1) is 20.3. The van der Waals surface area contributed by atoms with Gasteiger partial charge < -0.3 is 14.9 Å². The number of benzene rings is 1. The molecule has 4 aromatic rings. The third-order valence-electron chi connectivity index (χ3n) is 7.56. The molecule has 0 radical (unpaired) electrons. The maximum absolute atomic E-state index is 13.8. The summed E-state index contributed by atoms with van der Waals surface area (Å²) in [7, 11) is 0. The molecule has 0 unspecified atom stereocenters. The van der Waals surface area contributed by atoms with Crippen molar-refractivity contribution in [2.45, 2.75) is 56.9 Å². The van der Waals surface area contributed by atoms with Gasteiger partial charge in [-0.15, -0.1) is 0 Å². The lowest BCUT2D eigenvalue weighted by Crippen LogP contribution is -2.69. The van der Waals surface area contributed by atoms with Crippen molar-refractivity contribution in [3.63, 3.8) is 0 Å². The van der Waals surface area contributed by atoms with Crippen LogP contribution in [0.4, 0.5) is 5.69 Å². The molecular weight excluding hydrogens is 496 g/mol. The average Bonchev–Trinajstić information content (AvgIpc) is 3.23. The SMILES string of the molecule is [2H]C([2H])([2H])n1c(C23CC(c4noc(C)n4)(C2)C3)nc2c([C@@H](C)Nc3ccc(Cl)nc3C(=O)O)cc(C)cc2c1=O. The number of carboxylic acid groups (broad SMARTS) is 1. The molecule has 7 rings (SSSR count). The second-order valence-corrected chi connectivity index (χ2v) is 10.6. The van der Waals surface area contributed by atoms with Gasteiger partial charge in [-0.2, -0.15) is 4.98 Å². The highest BCUT2D eigenvalue weighted by atomic mass is 35.5. The third-order valence-corrected chi connectivity index (χ3v) is 7.77. The van der Waals surface area contributed by atoms with Crippen molar-refractivity contribution in [2.24, 2.45) is 6.98 Å². The standard InChI is InChI=1S/C26H25ClN6O4/c1-12-7-15(13(2)28-17-5-6-18(27)30-20(17)22(35)36)19-16(8-12)21(34)33(4)24(31-19)26-9-25(10-26,11-26)23-29-14(3)37-32-23/h5-8,13,28H,9-11H2,1-4H3,(H,35,36)/t13-,25?,26?/m1/s1/i4D3. The monoisotopic (exact) mass is 523 g/mol. The lowest BCUT2D eigenvalue weighted by atomic mass is 9.34. The maximum atomic E-state index is 13.8. The van der Waals surface area contributed by atoms with Crippen LogP contribution in [0.3, 0.4) is 0 Å². The van der Waals surface area contributed by atoms with Crippen LogP contribution in [0.2, 0.25) is 5.15 Å². The van der Waals surface area contributed by atoms with Gasteiger partial charge in [-0.05, 0) is 56.9 Å². The first-order valence-electron chi connectivity index (χ1n) is 13.3. The number of fused-ring (bicyclic) bond motifs is 1. The van der Waals surface area contributed by atoms with Gasteiger partial charge >= 0.3 is 5.97 Å². The number of carboxylic acids is 1. The number of rotatable bonds is 6. The number of halogens is 1. The third kappa shape index (κ3) is 3.46. The molecule has 37 heavy (non-hydrogen) atoms. The zero-order chi connectivity index (χ0) is 28.8. The first-order chi connectivity index (χ1) is 18.7. The molecule has 1 aromatic carbocycles. The zero-order valence-corrected chi connectivity index (χ0v) is 21.0. The number of aromatic carboxylic acids is 1. The Bertz CT molecular complexity index is 1760. The van der Waals surface area contributed by atoms with Crippen molar-refractivity contribution in [3.8, 4) is 0 Å². The summed E-state index contributed by atoms with van der Waals surface area (Å²) in [5.74, 6) is 0.0150. The van der Waals surface area contributed by atoms with Crippen molar-refractivity contribution in [3.05, 3.63) is 74.1 Å². The molecule has 0 aliphatic heterocycles. The number of nitrogens with one attached hydrogen (secondary N) is 1. The molecule has 3 heterocycles. The van der Waals surface area contributed by atoms with E-state index in [-0.39, 0.29) is 33.2 Å². The van der Waals surface area contributed by atoms with Crippen LogP contribution >= 0.6 is 11.6 Å². The Morgan fingerprint density at radius 3 is 2.62 bits per heavy atom. The van der Waals surface area contributed by atoms with Gasteiger partial charge in [0.15, 0.2) is 11.5 Å². The minimum atomic E-state index is -2.74. The molecule has 190 valence electrons. The van der Waals surface area contributed by atoms with Gasteiger partial charge in [-0.25, -0.2) is 14.8 Å². The van der Waals surface area contributed by atoms with Crippen LogP contribution in [0.15, 0.2) is 33.6 Å². The number of nitrogens with zero attached hydrogens (tertiary/aromatic N) is 5. The van der Waals surface area contributed by atoms with Crippen molar-refractivity contribution in [1.82, 2.24) is 24.7 Å². The zero-order valence-electron chi connectivity index (χ0n) is 23.3. The second kappa shape index (κ2) is 7.85. The van der Waals surface area contributed by atoms with Crippen molar-refractivity contribution in [1.29, 1.82) is 0 Å². The molecule has 0 spiro atoms. The predicted octanol–water partition coefficient (Wildman–Crippen LogP) is 4.23. The maximum Gasteiger partial charge on any atom is 0.356 e. The summed E-state index contributed by atoms with van der Waals surface area (Å²) < 4.78 is 30.6. The first-order valence-corrected chi connectivity index (χ1v) is 12.2. The molecule has 2 N–H and O–H groups in total. The highest BCUT2D eigenvalue weighted by Crippen LogP contribution is 2.73. The van der Waals surface area contributed by atoms with Gasteiger partial charge in [0.2, 0.25) is 5.89 Å². The van der Waals surface area contributed by atoms with Crippen molar-refractivity contribution in [2.75, 3.05) is 5.32 Å². The van der Waals surface area contributed by atoms with E-state index < -0.39 is 30.0 Å². The van der Waals surface area contributed by atoms with E-state index in [0.717, 1.165) is 10.1 Å². The molecule has 2 bridgehead atoms. The van der Waals surface area contributed by atoms with E-state index in [1.807, 2.05) is 6.07 Å². The summed E-state index contributed by atoms with van der Waals surface area (Å²) in [6, 6.07) is 5.96. The van der Waals surface area contributed by atoms with Gasteiger partial charge in [0.1, 0.15) is 11.0 Å². The van der Waals surface area contributed by atoms with Crippen LogP contribution in [0.1, 0.15) is 75.5 Å². The fraction of sp³-hybridized carbons (Fsp3) is 0.385. The Kier molecular flexibility index (Phi) is 4.31. The van der Waals surface area contributed by atoms with E-state index >= 15 is 0 Å². The predicted molar refractivity (Wildman–Crippen MR) is 136 cm³/mol. The second-order valence-electron chi connectivity index (χ2n) is 10.3. The van der Waals surface area contributed by atoms with Crippen molar-refractivity contribution >= 4 is 34.2 Å². The largest absolute Gasteiger partial charge is 0.476 e. The van der Waals surface area contributed by atoms with E-state index in [1.54, 1.807) is 26.8 Å². The number of carbonyl (C=O) groups is 1. The topological polar surface area (TPSA) is 136 Å². The van der Waals surface area contributed by atoms with Crippen molar-refractivity contribution < 1.29 is 18.5 Å². The molecule has 10 nitrogen and oxygen atoms in total. The van der Waals surface area contributed by atoms with E-state index in [1.165, 1.54) is 12.1 Å². The molecule has 11 heteroatoms. The van der Waals surface area contributed by atoms with Crippen LogP contribution in [-0.2, 0) is 17.8 Å². The van der Waals surface area contributed by atoms with Crippen LogP contribution < -0.4 is 10.9 Å². The highest BCUT2D eigenvalue weighted by molar-refractivity contribution is 6.29. The molecule has 3 aromatic heterocycles. The molecule has 3 aliphatic carbocycles. The van der Waals surface area contributed by atoms with E-state index in [9.17, 15) is 14.7 Å². The van der Waals surface area contributed by atoms with Gasteiger partial charge in [0.05, 0.1) is 22.6 Å². The van der Waals surface area contributed by atoms with Crippen LogP contribution in [0.25, 0.3) is 10.9 Å². The number of anilines is 1. The smallest absolute Gasteiger partial charge is 0.356 e. The Morgan fingerprint density at radius 2 is 1.97 bits per heavy atom. The fourth-order valence-corrected chi connectivity index (χ4v) is 6.10. The number of aromatic nitrogens is 5. The summed E-state index contributed by atoms with van der Waals surface area (Å²) in [5.41, 5.74) is 0.134. The average molecular weight is 524 g/mol. The molecular formula is C26H25ClN6O4. The van der Waals surface area contributed by atoms with Crippen LogP contribution in [0.5, 0.6) is 0 Å². The molecule has 1 atom stereocenters. The Labute approximate surface area is 220 Å². The van der Waals surface area contributed by atoms with Gasteiger partial charge in [0, 0.05) is 34.4 Å². The molecule has 3 aliphatic rings. The Hall–Kier alpha value is -3.79. The lowest BCUT2D eigenvalue weighted by molar-refractivity contribution is -0.0846. The quantitative estimate of drug-likeness (QED) is 0.356. The lowest BCUT2D eigenvalue weighted by Gasteiger charge is -2.68. The summed E-state index contributed by atoms with van der Waals surface area (Å²) in [5, 5.41) is 17.1. The molecule has 0 saturated heterocycles. The fourth-order valence-electron chi connectivity index (χ4n) is 5.96. The van der Waals surface area contributed by atoms with E-state index in [0.29, 0.717) is 42.1 Å². The Morgan fingerprint density at radius 1 is 1.22 bits per heavy atom. The van der Waals surface area contributed by atoms with Gasteiger partial charge in [0.25, 0.3) is 5.56 Å². The van der Waals surface area contributed by atoms with E-state index in [2.05, 4.69) is 20.4 Å². The number of aryl methyl sites for hydroxylation is 2. The number of hydrogen-bond acceptors (Lipinski definition) is 8. The summed E-state index contributed by atoms with van der Waals surface area (Å²) in [6.07, 6.45) is 1.67. The molecule has 3 fully saturated rings. The summed E-state index contributed by atoms with van der Waals surface area (Å²) in [6.45, 7) is 2.58. The van der Waals surface area contributed by atoms with Crippen LogP contribution in [0, 0.1) is 13.8 Å². The minimum Gasteiger partial charge on any atom is -0.476 e. The minimum absolute atomic E-state index is 0.0421. The Balaban J connectivity index is 1.47. The highest BCUT2D eigenvalue weighted by Gasteiger charge is 2.72. The van der Waals surface area contributed by atoms with Gasteiger partial charge in [-0.3, -0.25) is 9.36 Å². The van der Waals surface area contributed by atoms with E-state index in [4.69, 9.17) is 25.2 Å². The normalized spacial score (nSPS) is 24.4. The molecule has 3 saturated carbocycles. The molecule has 0 amide bonds.